The Morgan fingerprint density at radius 1 is 1.05 bits per heavy atom. The second-order valence-electron chi connectivity index (χ2n) is 5.05. The Kier molecular flexibility index (Phi) is 4.85. The molecule has 0 bridgehead atoms. The maximum absolute atomic E-state index is 5.49. The zero-order chi connectivity index (χ0) is 14.5. The van der Waals surface area contributed by atoms with Crippen LogP contribution < -0.4 is 0 Å². The Morgan fingerprint density at radius 2 is 1.86 bits per heavy atom. The summed E-state index contributed by atoms with van der Waals surface area (Å²) in [6.07, 6.45) is 3.71. The largest absolute Gasteiger partial charge is 0.340 e. The monoisotopic (exact) mass is 315 g/mol. The first-order valence-electron chi connectivity index (χ1n) is 6.88. The molecule has 1 fully saturated rings. The highest BCUT2D eigenvalue weighted by Crippen LogP contribution is 2.22. The molecule has 1 saturated heterocycles. The summed E-state index contributed by atoms with van der Waals surface area (Å²) in [4.78, 5) is 8.82. The van der Waals surface area contributed by atoms with E-state index in [1.54, 1.807) is 18.0 Å². The Morgan fingerprint density at radius 3 is 2.62 bits per heavy atom. The van der Waals surface area contributed by atoms with Gasteiger partial charge in [0.2, 0.25) is 0 Å². The molecular formula is C16H17N3S2. The van der Waals surface area contributed by atoms with E-state index in [1.165, 1.54) is 11.1 Å². The number of benzene rings is 1. The van der Waals surface area contributed by atoms with E-state index in [1.807, 2.05) is 12.3 Å². The summed E-state index contributed by atoms with van der Waals surface area (Å²) in [5, 5.41) is 0. The van der Waals surface area contributed by atoms with Crippen LogP contribution in [0.1, 0.15) is 11.1 Å². The second kappa shape index (κ2) is 7.02. The van der Waals surface area contributed by atoms with E-state index in [9.17, 15) is 0 Å². The molecule has 2 aromatic rings. The van der Waals surface area contributed by atoms with E-state index in [2.05, 4.69) is 51.2 Å². The van der Waals surface area contributed by atoms with Crippen LogP contribution in [0.15, 0.2) is 54.9 Å². The molecule has 5 heteroatoms. The molecule has 1 aromatic carbocycles. The highest BCUT2D eigenvalue weighted by Gasteiger charge is 2.21. The first kappa shape index (κ1) is 14.5. The number of hydrogen-bond donors (Lipinski definition) is 0. The third-order valence-corrected chi connectivity index (χ3v) is 4.96. The minimum absolute atomic E-state index is 0.824. The van der Waals surface area contributed by atoms with Crippen molar-refractivity contribution in [3.63, 3.8) is 0 Å². The van der Waals surface area contributed by atoms with Gasteiger partial charge in [0, 0.05) is 25.5 Å². The first-order chi connectivity index (χ1) is 10.3. The molecule has 0 radical (unpaired) electrons. The molecule has 0 spiro atoms. The molecule has 0 amide bonds. The van der Waals surface area contributed by atoms with E-state index >= 15 is 0 Å². The van der Waals surface area contributed by atoms with Crippen molar-refractivity contribution in [1.29, 1.82) is 0 Å². The summed E-state index contributed by atoms with van der Waals surface area (Å²) in [6, 6.07) is 14.6. The quantitative estimate of drug-likeness (QED) is 0.804. The topological polar surface area (TPSA) is 19.4 Å². The molecule has 21 heavy (non-hydrogen) atoms. The van der Waals surface area contributed by atoms with Crippen LogP contribution in [-0.2, 0) is 13.1 Å². The Bertz CT molecular complexity index is 589. The van der Waals surface area contributed by atoms with Crippen LogP contribution in [-0.4, -0.2) is 31.6 Å². The maximum atomic E-state index is 5.49. The molecular weight excluding hydrogens is 298 g/mol. The van der Waals surface area contributed by atoms with Gasteiger partial charge in [-0.3, -0.25) is 9.88 Å². The fourth-order valence-electron chi connectivity index (χ4n) is 2.34. The molecule has 0 atom stereocenters. The lowest BCUT2D eigenvalue weighted by molar-refractivity contribution is 0.201. The minimum atomic E-state index is 0.824. The standard InChI is InChI=1S/C16H17N3S2/c20-16-19(11-15-7-4-8-17-9-15)12-18(13-21-16)10-14-5-2-1-3-6-14/h1-9H,10-13H2. The van der Waals surface area contributed by atoms with Crippen molar-refractivity contribution >= 4 is 28.3 Å². The van der Waals surface area contributed by atoms with Gasteiger partial charge >= 0.3 is 0 Å². The van der Waals surface area contributed by atoms with Crippen molar-refractivity contribution in [2.45, 2.75) is 13.1 Å². The third kappa shape index (κ3) is 4.03. The van der Waals surface area contributed by atoms with Gasteiger partial charge in [0.15, 0.2) is 0 Å². The fraction of sp³-hybridized carbons (Fsp3) is 0.250. The normalized spacial score (nSPS) is 16.2. The number of pyridine rings is 1. The minimum Gasteiger partial charge on any atom is -0.340 e. The maximum Gasteiger partial charge on any atom is 0.138 e. The van der Waals surface area contributed by atoms with Crippen molar-refractivity contribution in [3.8, 4) is 0 Å². The van der Waals surface area contributed by atoms with Gasteiger partial charge in [-0.1, -0.05) is 60.4 Å². The van der Waals surface area contributed by atoms with Crippen LogP contribution in [0.5, 0.6) is 0 Å². The zero-order valence-corrected chi connectivity index (χ0v) is 13.3. The summed E-state index contributed by atoms with van der Waals surface area (Å²) in [7, 11) is 0. The predicted molar refractivity (Wildman–Crippen MR) is 91.7 cm³/mol. The number of nitrogens with zero attached hydrogens (tertiary/aromatic N) is 3. The van der Waals surface area contributed by atoms with Gasteiger partial charge in [-0.25, -0.2) is 0 Å². The van der Waals surface area contributed by atoms with Crippen LogP contribution in [0.2, 0.25) is 0 Å². The van der Waals surface area contributed by atoms with E-state index in [0.29, 0.717) is 0 Å². The average molecular weight is 315 g/mol. The van der Waals surface area contributed by atoms with Crippen molar-refractivity contribution < 1.29 is 0 Å². The highest BCUT2D eigenvalue weighted by atomic mass is 32.2. The van der Waals surface area contributed by atoms with Crippen molar-refractivity contribution in [3.05, 3.63) is 66.0 Å². The zero-order valence-electron chi connectivity index (χ0n) is 11.7. The van der Waals surface area contributed by atoms with Crippen molar-refractivity contribution in [2.24, 2.45) is 0 Å². The van der Waals surface area contributed by atoms with Crippen LogP contribution in [0.4, 0.5) is 0 Å². The van der Waals surface area contributed by atoms with Crippen LogP contribution in [0.25, 0.3) is 0 Å². The lowest BCUT2D eigenvalue weighted by atomic mass is 10.2. The van der Waals surface area contributed by atoms with Crippen molar-refractivity contribution in [2.75, 3.05) is 12.5 Å². The third-order valence-electron chi connectivity index (χ3n) is 3.34. The molecule has 0 saturated carbocycles. The molecule has 1 aliphatic heterocycles. The van der Waals surface area contributed by atoms with E-state index in [4.69, 9.17) is 12.2 Å². The summed E-state index contributed by atoms with van der Waals surface area (Å²) < 4.78 is 0.975. The molecule has 0 unspecified atom stereocenters. The Labute approximate surface area is 135 Å². The molecule has 108 valence electrons. The van der Waals surface area contributed by atoms with Gasteiger partial charge < -0.3 is 4.90 Å². The Hall–Kier alpha value is -1.43. The van der Waals surface area contributed by atoms with E-state index < -0.39 is 0 Å². The highest BCUT2D eigenvalue weighted by molar-refractivity contribution is 8.22. The number of thiocarbonyl (C=S) groups is 1. The number of thioether (sulfide) groups is 1. The lowest BCUT2D eigenvalue weighted by Crippen LogP contribution is -2.43. The van der Waals surface area contributed by atoms with E-state index in [-0.39, 0.29) is 0 Å². The number of hydrogen-bond acceptors (Lipinski definition) is 4. The molecule has 2 heterocycles. The summed E-state index contributed by atoms with van der Waals surface area (Å²) in [5.41, 5.74) is 2.54. The predicted octanol–water partition coefficient (Wildman–Crippen LogP) is 3.33. The van der Waals surface area contributed by atoms with Crippen LogP contribution in [0.3, 0.4) is 0 Å². The first-order valence-corrected chi connectivity index (χ1v) is 8.27. The van der Waals surface area contributed by atoms with Gasteiger partial charge in [-0.05, 0) is 17.2 Å². The van der Waals surface area contributed by atoms with Gasteiger partial charge in [-0.2, -0.15) is 0 Å². The van der Waals surface area contributed by atoms with Crippen molar-refractivity contribution in [1.82, 2.24) is 14.8 Å². The second-order valence-corrected chi connectivity index (χ2v) is 6.63. The molecule has 0 aliphatic carbocycles. The molecule has 1 aliphatic rings. The van der Waals surface area contributed by atoms with Crippen LogP contribution in [0, 0.1) is 0 Å². The molecule has 3 nitrogen and oxygen atoms in total. The lowest BCUT2D eigenvalue weighted by Gasteiger charge is -2.36. The molecule has 1 aromatic heterocycles. The summed E-state index contributed by atoms with van der Waals surface area (Å²) in [6.45, 7) is 2.65. The molecule has 3 rings (SSSR count). The Balaban J connectivity index is 1.63. The number of aromatic nitrogens is 1. The summed E-state index contributed by atoms with van der Waals surface area (Å²) >= 11 is 7.22. The smallest absolute Gasteiger partial charge is 0.138 e. The van der Waals surface area contributed by atoms with E-state index in [0.717, 1.165) is 30.0 Å². The fourth-order valence-corrected chi connectivity index (χ4v) is 3.39. The number of rotatable bonds is 4. The average Bonchev–Trinajstić information content (AvgIpc) is 2.53. The van der Waals surface area contributed by atoms with Crippen LogP contribution >= 0.6 is 24.0 Å². The van der Waals surface area contributed by atoms with Gasteiger partial charge in [0.05, 0.1) is 12.5 Å². The SMILES string of the molecule is S=C1SCN(Cc2ccccc2)CN1Cc1cccnc1. The summed E-state index contributed by atoms with van der Waals surface area (Å²) in [5.74, 6) is 0.956. The van der Waals surface area contributed by atoms with Gasteiger partial charge in [0.1, 0.15) is 4.32 Å². The molecule has 0 N–H and O–H groups in total. The van der Waals surface area contributed by atoms with Gasteiger partial charge in [-0.15, -0.1) is 0 Å². The van der Waals surface area contributed by atoms with Gasteiger partial charge in [0.25, 0.3) is 0 Å².